The van der Waals surface area contributed by atoms with Crippen LogP contribution in [0.25, 0.3) is 0 Å². The molecule has 3 nitrogen and oxygen atoms in total. The number of rotatable bonds is 3. The Balaban J connectivity index is 2.16. The molecule has 0 radical (unpaired) electrons. The fourth-order valence-corrected chi connectivity index (χ4v) is 2.99. The van der Waals surface area contributed by atoms with Crippen LogP contribution in [0.4, 0.5) is 0 Å². The van der Waals surface area contributed by atoms with Gasteiger partial charge in [0.15, 0.2) is 0 Å². The van der Waals surface area contributed by atoms with Crippen LogP contribution in [0.5, 0.6) is 0 Å². The van der Waals surface area contributed by atoms with E-state index in [1.807, 2.05) is 24.1 Å². The lowest BCUT2D eigenvalue weighted by Gasteiger charge is -2.29. The summed E-state index contributed by atoms with van der Waals surface area (Å²) in [6.07, 6.45) is 3.29. The Bertz CT molecular complexity index is 436. The van der Waals surface area contributed by atoms with Gasteiger partial charge >= 0.3 is 0 Å². The molecule has 1 aliphatic carbocycles. The highest BCUT2D eigenvalue weighted by Crippen LogP contribution is 2.30. The van der Waals surface area contributed by atoms with Crippen LogP contribution >= 0.6 is 11.6 Å². The van der Waals surface area contributed by atoms with Crippen LogP contribution in [0.15, 0.2) is 24.3 Å². The number of carbonyl (C=O) groups excluding carboxylic acids is 1. The van der Waals surface area contributed by atoms with E-state index < -0.39 is 0 Å². The Hall–Kier alpha value is -1.06. The van der Waals surface area contributed by atoms with Crippen molar-refractivity contribution in [3.05, 3.63) is 34.9 Å². The maximum Gasteiger partial charge on any atom is 0.255 e. The Morgan fingerprint density at radius 3 is 2.83 bits per heavy atom. The lowest BCUT2D eigenvalue weighted by atomic mass is 10.0. The molecule has 1 saturated carbocycles. The van der Waals surface area contributed by atoms with Crippen LogP contribution < -0.4 is 5.73 Å². The van der Waals surface area contributed by atoms with Crippen molar-refractivity contribution < 1.29 is 4.79 Å². The predicted octanol–water partition coefficient (Wildman–Crippen LogP) is 2.54. The Kier molecular flexibility index (Phi) is 4.25. The van der Waals surface area contributed by atoms with Crippen molar-refractivity contribution in [3.8, 4) is 0 Å². The van der Waals surface area contributed by atoms with E-state index in [0.29, 0.717) is 23.0 Å². The molecule has 1 amide bonds. The normalized spacial score (nSPS) is 23.1. The van der Waals surface area contributed by atoms with E-state index in [0.717, 1.165) is 19.3 Å². The molecule has 2 unspecified atom stereocenters. The number of carbonyl (C=O) groups is 1. The van der Waals surface area contributed by atoms with E-state index in [-0.39, 0.29) is 11.9 Å². The van der Waals surface area contributed by atoms with Gasteiger partial charge in [0.2, 0.25) is 0 Å². The molecule has 2 rings (SSSR count). The molecule has 0 aliphatic heterocycles. The summed E-state index contributed by atoms with van der Waals surface area (Å²) in [5, 5.41) is 0.511. The SMILES string of the molecule is CN(C(=O)c1ccccc1Cl)C1CCCC1CN. The molecule has 0 spiro atoms. The van der Waals surface area contributed by atoms with Gasteiger partial charge in [-0.3, -0.25) is 4.79 Å². The van der Waals surface area contributed by atoms with Crippen LogP contribution in [0.2, 0.25) is 5.02 Å². The molecule has 0 aromatic heterocycles. The second-order valence-corrected chi connectivity index (χ2v) is 5.30. The minimum Gasteiger partial charge on any atom is -0.338 e. The number of amides is 1. The summed E-state index contributed by atoms with van der Waals surface area (Å²) in [5.41, 5.74) is 6.34. The molecule has 4 heteroatoms. The van der Waals surface area contributed by atoms with Gasteiger partial charge < -0.3 is 10.6 Å². The van der Waals surface area contributed by atoms with Crippen LogP contribution in [0, 0.1) is 5.92 Å². The van der Waals surface area contributed by atoms with Gasteiger partial charge in [0, 0.05) is 13.1 Å². The number of halogens is 1. The fourth-order valence-electron chi connectivity index (χ4n) is 2.78. The highest BCUT2D eigenvalue weighted by Gasteiger charge is 2.32. The van der Waals surface area contributed by atoms with Crippen molar-refractivity contribution in [2.45, 2.75) is 25.3 Å². The smallest absolute Gasteiger partial charge is 0.255 e. The van der Waals surface area contributed by atoms with E-state index in [1.165, 1.54) is 0 Å². The van der Waals surface area contributed by atoms with E-state index in [2.05, 4.69) is 0 Å². The largest absolute Gasteiger partial charge is 0.338 e. The molecular formula is C14H19ClN2O. The second-order valence-electron chi connectivity index (χ2n) is 4.89. The molecule has 18 heavy (non-hydrogen) atoms. The van der Waals surface area contributed by atoms with Gasteiger partial charge in [0.1, 0.15) is 0 Å². The summed E-state index contributed by atoms with van der Waals surface area (Å²) < 4.78 is 0. The Labute approximate surface area is 113 Å². The first kappa shape index (κ1) is 13.4. The van der Waals surface area contributed by atoms with Crippen LogP contribution in [0.3, 0.4) is 0 Å². The summed E-state index contributed by atoms with van der Waals surface area (Å²) in [5.74, 6) is 0.410. The summed E-state index contributed by atoms with van der Waals surface area (Å²) in [6, 6.07) is 7.43. The van der Waals surface area contributed by atoms with Crippen LogP contribution in [0.1, 0.15) is 29.6 Å². The Morgan fingerprint density at radius 2 is 2.17 bits per heavy atom. The third-order valence-corrected chi connectivity index (χ3v) is 4.17. The number of benzene rings is 1. The molecule has 2 N–H and O–H groups in total. The summed E-state index contributed by atoms with van der Waals surface area (Å²) in [6.45, 7) is 0.644. The summed E-state index contributed by atoms with van der Waals surface area (Å²) >= 11 is 6.07. The molecule has 98 valence electrons. The lowest BCUT2D eigenvalue weighted by Crippen LogP contribution is -2.41. The van der Waals surface area contributed by atoms with E-state index in [4.69, 9.17) is 17.3 Å². The van der Waals surface area contributed by atoms with Gasteiger partial charge in [-0.05, 0) is 37.4 Å². The maximum absolute atomic E-state index is 12.4. The van der Waals surface area contributed by atoms with Crippen molar-refractivity contribution in [2.75, 3.05) is 13.6 Å². The van der Waals surface area contributed by atoms with Crippen LogP contribution in [-0.2, 0) is 0 Å². The zero-order chi connectivity index (χ0) is 13.1. The minimum atomic E-state index is -0.00838. The third kappa shape index (κ3) is 2.52. The van der Waals surface area contributed by atoms with E-state index >= 15 is 0 Å². The van der Waals surface area contributed by atoms with Crippen molar-refractivity contribution in [1.29, 1.82) is 0 Å². The molecule has 0 heterocycles. The van der Waals surface area contributed by atoms with Crippen LogP contribution in [-0.4, -0.2) is 30.4 Å². The van der Waals surface area contributed by atoms with Gasteiger partial charge in [0.25, 0.3) is 5.91 Å². The summed E-state index contributed by atoms with van der Waals surface area (Å²) in [7, 11) is 1.85. The molecule has 2 atom stereocenters. The quantitative estimate of drug-likeness (QED) is 0.914. The molecule has 0 bridgehead atoms. The number of nitrogens with two attached hydrogens (primary N) is 1. The molecule has 1 aliphatic rings. The first-order valence-electron chi connectivity index (χ1n) is 6.37. The lowest BCUT2D eigenvalue weighted by molar-refractivity contribution is 0.0700. The second kappa shape index (κ2) is 5.72. The molecular weight excluding hydrogens is 248 g/mol. The number of hydrogen-bond donors (Lipinski definition) is 1. The Morgan fingerprint density at radius 1 is 1.44 bits per heavy atom. The number of nitrogens with zero attached hydrogens (tertiary/aromatic N) is 1. The summed E-state index contributed by atoms with van der Waals surface area (Å²) in [4.78, 5) is 14.2. The zero-order valence-electron chi connectivity index (χ0n) is 10.6. The fraction of sp³-hybridized carbons (Fsp3) is 0.500. The van der Waals surface area contributed by atoms with Gasteiger partial charge in [-0.2, -0.15) is 0 Å². The topological polar surface area (TPSA) is 46.3 Å². The van der Waals surface area contributed by atoms with Gasteiger partial charge in [-0.25, -0.2) is 0 Å². The minimum absolute atomic E-state index is 0.00838. The first-order valence-corrected chi connectivity index (χ1v) is 6.74. The van der Waals surface area contributed by atoms with Crippen molar-refractivity contribution in [3.63, 3.8) is 0 Å². The standard InChI is InChI=1S/C14H19ClN2O/c1-17(13-8-4-5-10(13)9-16)14(18)11-6-2-3-7-12(11)15/h2-3,6-7,10,13H,4-5,8-9,16H2,1H3. The van der Waals surface area contributed by atoms with Gasteiger partial charge in [0.05, 0.1) is 10.6 Å². The third-order valence-electron chi connectivity index (χ3n) is 3.84. The maximum atomic E-state index is 12.4. The molecule has 0 saturated heterocycles. The average Bonchev–Trinajstić information content (AvgIpc) is 2.86. The highest BCUT2D eigenvalue weighted by atomic mass is 35.5. The van der Waals surface area contributed by atoms with Gasteiger partial charge in [-0.1, -0.05) is 30.2 Å². The monoisotopic (exact) mass is 266 g/mol. The van der Waals surface area contributed by atoms with E-state index in [9.17, 15) is 4.79 Å². The zero-order valence-corrected chi connectivity index (χ0v) is 11.4. The predicted molar refractivity (Wildman–Crippen MR) is 73.7 cm³/mol. The first-order chi connectivity index (χ1) is 8.65. The molecule has 1 aromatic rings. The molecule has 1 fully saturated rings. The van der Waals surface area contributed by atoms with Gasteiger partial charge in [-0.15, -0.1) is 0 Å². The average molecular weight is 267 g/mol. The van der Waals surface area contributed by atoms with E-state index in [1.54, 1.807) is 12.1 Å². The number of hydrogen-bond acceptors (Lipinski definition) is 2. The van der Waals surface area contributed by atoms with Crippen molar-refractivity contribution >= 4 is 17.5 Å². The van der Waals surface area contributed by atoms with Crippen molar-refractivity contribution in [2.24, 2.45) is 11.7 Å². The van der Waals surface area contributed by atoms with Crippen molar-refractivity contribution in [1.82, 2.24) is 4.90 Å². The molecule has 1 aromatic carbocycles. The highest BCUT2D eigenvalue weighted by molar-refractivity contribution is 6.33.